The maximum absolute atomic E-state index is 4.48. The Kier molecular flexibility index (Phi) is 5.99. The summed E-state index contributed by atoms with van der Waals surface area (Å²) in [4.78, 5) is 8.72. The molecule has 0 bridgehead atoms. The van der Waals surface area contributed by atoms with Crippen LogP contribution in [0.25, 0.3) is 0 Å². The van der Waals surface area contributed by atoms with E-state index in [9.17, 15) is 0 Å². The van der Waals surface area contributed by atoms with Gasteiger partial charge in [-0.3, -0.25) is 0 Å². The first-order valence-electron chi connectivity index (χ1n) is 7.25. The number of benzene rings is 1. The average Bonchev–Trinajstić information content (AvgIpc) is 2.48. The van der Waals surface area contributed by atoms with Crippen LogP contribution in [0.5, 0.6) is 0 Å². The fourth-order valence-corrected chi connectivity index (χ4v) is 2.34. The molecule has 0 saturated heterocycles. The topological polar surface area (TPSA) is 49.8 Å². The van der Waals surface area contributed by atoms with Crippen molar-refractivity contribution in [1.82, 2.24) is 9.97 Å². The number of halogens is 1. The Morgan fingerprint density at radius 1 is 1.19 bits per heavy atom. The molecule has 2 N–H and O–H groups in total. The predicted octanol–water partition coefficient (Wildman–Crippen LogP) is 4.02. The molecule has 0 aliphatic heterocycles. The van der Waals surface area contributed by atoms with E-state index in [2.05, 4.69) is 74.6 Å². The van der Waals surface area contributed by atoms with E-state index in [4.69, 9.17) is 0 Å². The lowest BCUT2D eigenvalue weighted by molar-refractivity contribution is 0.944. The van der Waals surface area contributed by atoms with Gasteiger partial charge in [-0.1, -0.05) is 36.8 Å². The molecule has 0 fully saturated rings. The molecule has 21 heavy (non-hydrogen) atoms. The van der Waals surface area contributed by atoms with E-state index in [0.29, 0.717) is 5.95 Å². The standard InChI is InChI=1S/C16H21BrN4/c1-3-8-19-16-20-11-14(17)15(21-16)18-9-7-13-6-4-5-12(2)10-13/h4-6,10-11H,3,7-9H2,1-2H3,(H2,18,19,20,21). The van der Waals surface area contributed by atoms with Gasteiger partial charge in [0.2, 0.25) is 5.95 Å². The Hall–Kier alpha value is -1.62. The molecule has 0 aliphatic carbocycles. The fourth-order valence-electron chi connectivity index (χ4n) is 2.01. The third-order valence-electron chi connectivity index (χ3n) is 3.07. The summed E-state index contributed by atoms with van der Waals surface area (Å²) in [5.74, 6) is 1.49. The number of aryl methyl sites for hydroxylation is 1. The molecular formula is C16H21BrN4. The van der Waals surface area contributed by atoms with E-state index >= 15 is 0 Å². The molecule has 2 rings (SSSR count). The van der Waals surface area contributed by atoms with Crippen molar-refractivity contribution in [3.05, 3.63) is 46.1 Å². The first-order valence-corrected chi connectivity index (χ1v) is 8.04. The first-order chi connectivity index (χ1) is 10.2. The van der Waals surface area contributed by atoms with Crippen molar-refractivity contribution in [1.29, 1.82) is 0 Å². The average molecular weight is 349 g/mol. The molecule has 0 aliphatic rings. The number of hydrogen-bond donors (Lipinski definition) is 2. The lowest BCUT2D eigenvalue weighted by Crippen LogP contribution is -2.10. The summed E-state index contributed by atoms with van der Waals surface area (Å²) in [5.41, 5.74) is 2.62. The van der Waals surface area contributed by atoms with Crippen LogP contribution in [0, 0.1) is 6.92 Å². The lowest BCUT2D eigenvalue weighted by Gasteiger charge is -2.10. The van der Waals surface area contributed by atoms with Crippen molar-refractivity contribution in [2.45, 2.75) is 26.7 Å². The Bertz CT molecular complexity index is 586. The summed E-state index contributed by atoms with van der Waals surface area (Å²) >= 11 is 3.48. The first kappa shape index (κ1) is 15.8. The summed E-state index contributed by atoms with van der Waals surface area (Å²) in [6, 6.07) is 8.57. The minimum atomic E-state index is 0.665. The van der Waals surface area contributed by atoms with Crippen molar-refractivity contribution in [3.8, 4) is 0 Å². The van der Waals surface area contributed by atoms with Crippen LogP contribution in [-0.2, 0) is 6.42 Å². The number of rotatable bonds is 7. The maximum Gasteiger partial charge on any atom is 0.224 e. The Labute approximate surface area is 134 Å². The minimum Gasteiger partial charge on any atom is -0.369 e. The smallest absolute Gasteiger partial charge is 0.224 e. The number of anilines is 2. The monoisotopic (exact) mass is 348 g/mol. The normalized spacial score (nSPS) is 10.4. The van der Waals surface area contributed by atoms with Gasteiger partial charge in [-0.2, -0.15) is 4.98 Å². The second-order valence-electron chi connectivity index (χ2n) is 4.98. The number of nitrogens with one attached hydrogen (secondary N) is 2. The van der Waals surface area contributed by atoms with Crippen LogP contribution in [0.3, 0.4) is 0 Å². The molecule has 5 heteroatoms. The van der Waals surface area contributed by atoms with Crippen molar-refractivity contribution >= 4 is 27.7 Å². The third-order valence-corrected chi connectivity index (χ3v) is 3.65. The molecule has 4 nitrogen and oxygen atoms in total. The van der Waals surface area contributed by atoms with Crippen molar-refractivity contribution in [2.24, 2.45) is 0 Å². The fraction of sp³-hybridized carbons (Fsp3) is 0.375. The largest absolute Gasteiger partial charge is 0.369 e. The number of nitrogens with zero attached hydrogens (tertiary/aromatic N) is 2. The molecule has 1 heterocycles. The molecule has 2 aromatic rings. The minimum absolute atomic E-state index is 0.665. The predicted molar refractivity (Wildman–Crippen MR) is 91.9 cm³/mol. The summed E-state index contributed by atoms with van der Waals surface area (Å²) in [6.07, 6.45) is 3.80. The molecular weight excluding hydrogens is 328 g/mol. The van der Waals surface area contributed by atoms with Crippen LogP contribution in [0.4, 0.5) is 11.8 Å². The van der Waals surface area contributed by atoms with Crippen LogP contribution in [0.15, 0.2) is 34.9 Å². The Morgan fingerprint density at radius 2 is 2.05 bits per heavy atom. The molecule has 1 aromatic carbocycles. The quantitative estimate of drug-likeness (QED) is 0.793. The van der Waals surface area contributed by atoms with Crippen LogP contribution in [0.1, 0.15) is 24.5 Å². The van der Waals surface area contributed by atoms with Gasteiger partial charge >= 0.3 is 0 Å². The molecule has 0 atom stereocenters. The highest BCUT2D eigenvalue weighted by atomic mass is 79.9. The summed E-state index contributed by atoms with van der Waals surface area (Å²) in [6.45, 7) is 5.95. The van der Waals surface area contributed by atoms with Crippen molar-refractivity contribution in [3.63, 3.8) is 0 Å². The van der Waals surface area contributed by atoms with E-state index in [1.165, 1.54) is 11.1 Å². The zero-order valence-corrected chi connectivity index (χ0v) is 14.1. The van der Waals surface area contributed by atoms with Crippen LogP contribution in [-0.4, -0.2) is 23.1 Å². The second kappa shape index (κ2) is 7.98. The van der Waals surface area contributed by atoms with Gasteiger partial charge in [-0.15, -0.1) is 0 Å². The zero-order valence-electron chi connectivity index (χ0n) is 12.5. The molecule has 0 unspecified atom stereocenters. The summed E-state index contributed by atoms with van der Waals surface area (Å²) in [7, 11) is 0. The molecule has 0 amide bonds. The van der Waals surface area contributed by atoms with Gasteiger partial charge < -0.3 is 10.6 Å². The van der Waals surface area contributed by atoms with Gasteiger partial charge in [0.1, 0.15) is 5.82 Å². The Morgan fingerprint density at radius 3 is 2.81 bits per heavy atom. The summed E-state index contributed by atoms with van der Waals surface area (Å²) < 4.78 is 0.883. The molecule has 0 radical (unpaired) electrons. The molecule has 0 saturated carbocycles. The van der Waals surface area contributed by atoms with Gasteiger partial charge in [0.15, 0.2) is 0 Å². The van der Waals surface area contributed by atoms with Gasteiger partial charge in [0.25, 0.3) is 0 Å². The lowest BCUT2D eigenvalue weighted by atomic mass is 10.1. The molecule has 1 aromatic heterocycles. The van der Waals surface area contributed by atoms with Crippen molar-refractivity contribution in [2.75, 3.05) is 23.7 Å². The van der Waals surface area contributed by atoms with E-state index in [-0.39, 0.29) is 0 Å². The van der Waals surface area contributed by atoms with Crippen LogP contribution < -0.4 is 10.6 Å². The molecule has 112 valence electrons. The maximum atomic E-state index is 4.48. The number of aromatic nitrogens is 2. The second-order valence-corrected chi connectivity index (χ2v) is 5.84. The van der Waals surface area contributed by atoms with Crippen LogP contribution >= 0.6 is 15.9 Å². The zero-order chi connectivity index (χ0) is 15.1. The van der Waals surface area contributed by atoms with E-state index in [0.717, 1.165) is 36.2 Å². The summed E-state index contributed by atoms with van der Waals surface area (Å²) in [5, 5.41) is 6.55. The highest BCUT2D eigenvalue weighted by Gasteiger charge is 2.04. The van der Waals surface area contributed by atoms with Gasteiger partial charge in [-0.05, 0) is 41.3 Å². The van der Waals surface area contributed by atoms with Gasteiger partial charge in [-0.25, -0.2) is 4.98 Å². The van der Waals surface area contributed by atoms with Crippen molar-refractivity contribution < 1.29 is 0 Å². The number of hydrogen-bond acceptors (Lipinski definition) is 4. The molecule has 0 spiro atoms. The van der Waals surface area contributed by atoms with E-state index in [1.807, 2.05) is 0 Å². The van der Waals surface area contributed by atoms with Crippen LogP contribution in [0.2, 0.25) is 0 Å². The van der Waals surface area contributed by atoms with E-state index < -0.39 is 0 Å². The van der Waals surface area contributed by atoms with E-state index in [1.54, 1.807) is 6.20 Å². The van der Waals surface area contributed by atoms with Gasteiger partial charge in [0, 0.05) is 19.3 Å². The SMILES string of the molecule is CCCNc1ncc(Br)c(NCCc2cccc(C)c2)n1. The third kappa shape index (κ3) is 5.01. The highest BCUT2D eigenvalue weighted by Crippen LogP contribution is 2.20. The highest BCUT2D eigenvalue weighted by molar-refractivity contribution is 9.10. The van der Waals surface area contributed by atoms with Gasteiger partial charge in [0.05, 0.1) is 4.47 Å². The Balaban J connectivity index is 1.92.